The number of nitro groups is 1. The fraction of sp³-hybridized carbons (Fsp3) is 0.214. The van der Waals surface area contributed by atoms with E-state index in [1.165, 1.54) is 6.33 Å². The van der Waals surface area contributed by atoms with Gasteiger partial charge in [0.25, 0.3) is 5.91 Å². The van der Waals surface area contributed by atoms with E-state index in [4.69, 9.17) is 0 Å². The number of amides is 1. The minimum absolute atomic E-state index is 0.0947. The van der Waals surface area contributed by atoms with Crippen molar-refractivity contribution in [3.05, 3.63) is 50.7 Å². The highest BCUT2D eigenvalue weighted by Crippen LogP contribution is 2.28. The summed E-state index contributed by atoms with van der Waals surface area (Å²) < 4.78 is 0.838. The minimum atomic E-state index is -0.605. The maximum Gasteiger partial charge on any atom is 0.354 e. The molecule has 126 valence electrons. The zero-order valence-electron chi connectivity index (χ0n) is 12.7. The smallest absolute Gasteiger partial charge is 0.354 e. The first-order valence-corrected chi connectivity index (χ1v) is 7.87. The predicted octanol–water partition coefficient (Wildman–Crippen LogP) is 2.73. The molecule has 0 spiro atoms. The number of anilines is 2. The number of nitrogens with zero attached hydrogens (tertiary/aromatic N) is 3. The quantitative estimate of drug-likeness (QED) is 0.487. The third-order valence-electron chi connectivity index (χ3n) is 2.95. The van der Waals surface area contributed by atoms with Gasteiger partial charge in [0.05, 0.1) is 4.92 Å². The normalized spacial score (nSPS) is 10.1. The van der Waals surface area contributed by atoms with Crippen molar-refractivity contribution in [2.45, 2.75) is 13.3 Å². The van der Waals surface area contributed by atoms with Crippen LogP contribution in [0.25, 0.3) is 0 Å². The van der Waals surface area contributed by atoms with E-state index < -0.39 is 10.8 Å². The number of nitrogens with one attached hydrogen (secondary N) is 3. The second-order valence-electron chi connectivity index (χ2n) is 4.69. The van der Waals surface area contributed by atoms with Gasteiger partial charge in [-0.05, 0) is 30.7 Å². The minimum Gasteiger partial charge on any atom is -0.364 e. The van der Waals surface area contributed by atoms with Crippen molar-refractivity contribution in [2.75, 3.05) is 17.3 Å². The van der Waals surface area contributed by atoms with E-state index in [0.717, 1.165) is 10.9 Å². The molecule has 0 saturated heterocycles. The fourth-order valence-corrected chi connectivity index (χ4v) is 2.07. The number of hydrogen-bond acceptors (Lipinski definition) is 7. The number of hydrazine groups is 1. The molecule has 0 radical (unpaired) electrons. The molecule has 0 aliphatic rings. The first kappa shape index (κ1) is 17.6. The number of benzene rings is 1. The van der Waals surface area contributed by atoms with Gasteiger partial charge >= 0.3 is 5.69 Å². The Labute approximate surface area is 146 Å². The maximum absolute atomic E-state index is 12.0. The summed E-state index contributed by atoms with van der Waals surface area (Å²) in [7, 11) is 0. The summed E-state index contributed by atoms with van der Waals surface area (Å²) >= 11 is 3.28. The van der Waals surface area contributed by atoms with Crippen LogP contribution in [0.4, 0.5) is 17.3 Å². The van der Waals surface area contributed by atoms with Crippen LogP contribution in [0.5, 0.6) is 0 Å². The van der Waals surface area contributed by atoms with E-state index in [1.54, 1.807) is 24.3 Å². The average molecular weight is 395 g/mol. The molecule has 1 heterocycles. The average Bonchev–Trinajstić information content (AvgIpc) is 2.58. The molecule has 2 rings (SSSR count). The molecule has 9 nitrogen and oxygen atoms in total. The van der Waals surface area contributed by atoms with Crippen molar-refractivity contribution < 1.29 is 9.72 Å². The molecule has 1 aromatic carbocycles. The SMILES string of the molecule is CCCNc1ncnc(NNC(=O)c2ccc(Br)cc2)c1[N+](=O)[O-]. The van der Waals surface area contributed by atoms with Gasteiger partial charge in [0, 0.05) is 16.6 Å². The Morgan fingerprint density at radius 1 is 1.25 bits per heavy atom. The van der Waals surface area contributed by atoms with Crippen LogP contribution in [0.1, 0.15) is 23.7 Å². The van der Waals surface area contributed by atoms with Crippen LogP contribution < -0.4 is 16.2 Å². The molecule has 3 N–H and O–H groups in total. The largest absolute Gasteiger partial charge is 0.364 e. The molecule has 2 aromatic rings. The van der Waals surface area contributed by atoms with Gasteiger partial charge in [0.1, 0.15) is 6.33 Å². The molecule has 1 aromatic heterocycles. The van der Waals surface area contributed by atoms with Crippen LogP contribution in [0.2, 0.25) is 0 Å². The molecule has 10 heteroatoms. The van der Waals surface area contributed by atoms with Crippen molar-refractivity contribution in [2.24, 2.45) is 0 Å². The predicted molar refractivity (Wildman–Crippen MR) is 92.7 cm³/mol. The zero-order valence-corrected chi connectivity index (χ0v) is 14.3. The van der Waals surface area contributed by atoms with Gasteiger partial charge in [-0.1, -0.05) is 22.9 Å². The Bertz CT molecular complexity index is 738. The van der Waals surface area contributed by atoms with E-state index in [2.05, 4.69) is 42.1 Å². The Balaban J connectivity index is 2.15. The molecule has 0 aliphatic heterocycles. The third-order valence-corrected chi connectivity index (χ3v) is 3.48. The van der Waals surface area contributed by atoms with E-state index in [9.17, 15) is 14.9 Å². The fourth-order valence-electron chi connectivity index (χ4n) is 1.81. The number of carbonyl (C=O) groups excluding carboxylic acids is 1. The summed E-state index contributed by atoms with van der Waals surface area (Å²) in [6, 6.07) is 6.66. The number of rotatable bonds is 7. The third kappa shape index (κ3) is 4.38. The second kappa shape index (κ2) is 8.20. The summed E-state index contributed by atoms with van der Waals surface area (Å²) in [5.74, 6) is -0.449. The van der Waals surface area contributed by atoms with Gasteiger partial charge in [-0.2, -0.15) is 0 Å². The standard InChI is InChI=1S/C14H15BrN6O3/c1-2-7-16-12-11(21(23)24)13(18-8-17-12)19-20-14(22)9-3-5-10(15)6-4-9/h3-6,8H,2,7H2,1H3,(H,20,22)(H2,16,17,18,19). The number of carbonyl (C=O) groups is 1. The van der Waals surface area contributed by atoms with Crippen molar-refractivity contribution in [3.8, 4) is 0 Å². The van der Waals surface area contributed by atoms with Gasteiger partial charge in [0.2, 0.25) is 11.6 Å². The molecule has 0 unspecified atom stereocenters. The van der Waals surface area contributed by atoms with Gasteiger partial charge in [-0.15, -0.1) is 0 Å². The highest BCUT2D eigenvalue weighted by atomic mass is 79.9. The van der Waals surface area contributed by atoms with Crippen molar-refractivity contribution >= 4 is 39.2 Å². The summed E-state index contributed by atoms with van der Waals surface area (Å²) in [4.78, 5) is 30.4. The van der Waals surface area contributed by atoms with E-state index in [1.807, 2.05) is 6.92 Å². The lowest BCUT2D eigenvalue weighted by atomic mass is 10.2. The lowest BCUT2D eigenvalue weighted by Gasteiger charge is -2.10. The molecule has 1 amide bonds. The van der Waals surface area contributed by atoms with Gasteiger partial charge < -0.3 is 5.32 Å². The van der Waals surface area contributed by atoms with E-state index >= 15 is 0 Å². The number of hydrogen-bond donors (Lipinski definition) is 3. The first-order chi connectivity index (χ1) is 11.5. The van der Waals surface area contributed by atoms with Crippen LogP contribution in [0.3, 0.4) is 0 Å². The zero-order chi connectivity index (χ0) is 17.5. The molecule has 0 fully saturated rings. The number of aromatic nitrogens is 2. The molecule has 0 atom stereocenters. The Kier molecular flexibility index (Phi) is 6.01. The molecule has 0 aliphatic carbocycles. The first-order valence-electron chi connectivity index (χ1n) is 7.08. The van der Waals surface area contributed by atoms with Crippen molar-refractivity contribution in [1.29, 1.82) is 0 Å². The molecule has 0 saturated carbocycles. The van der Waals surface area contributed by atoms with Gasteiger partial charge in [-0.3, -0.25) is 25.8 Å². The van der Waals surface area contributed by atoms with Crippen molar-refractivity contribution in [1.82, 2.24) is 15.4 Å². The van der Waals surface area contributed by atoms with E-state index in [-0.39, 0.29) is 17.3 Å². The van der Waals surface area contributed by atoms with Crippen molar-refractivity contribution in [3.63, 3.8) is 0 Å². The summed E-state index contributed by atoms with van der Waals surface area (Å²) in [5, 5.41) is 14.1. The highest BCUT2D eigenvalue weighted by molar-refractivity contribution is 9.10. The molecular formula is C14H15BrN6O3. The van der Waals surface area contributed by atoms with Gasteiger partial charge in [-0.25, -0.2) is 9.97 Å². The maximum atomic E-state index is 12.0. The van der Waals surface area contributed by atoms with Crippen LogP contribution in [-0.4, -0.2) is 27.3 Å². The molecule has 0 bridgehead atoms. The Hall–Kier alpha value is -2.75. The molecular weight excluding hydrogens is 380 g/mol. The van der Waals surface area contributed by atoms with Gasteiger partial charge in [0.15, 0.2) is 0 Å². The number of halogens is 1. The highest BCUT2D eigenvalue weighted by Gasteiger charge is 2.23. The second-order valence-corrected chi connectivity index (χ2v) is 5.61. The topological polar surface area (TPSA) is 122 Å². The van der Waals surface area contributed by atoms with E-state index in [0.29, 0.717) is 12.1 Å². The lowest BCUT2D eigenvalue weighted by Crippen LogP contribution is -2.30. The summed E-state index contributed by atoms with van der Waals surface area (Å²) in [6.45, 7) is 2.46. The Morgan fingerprint density at radius 2 is 1.92 bits per heavy atom. The van der Waals surface area contributed by atoms with Crippen LogP contribution in [-0.2, 0) is 0 Å². The summed E-state index contributed by atoms with van der Waals surface area (Å²) in [5.41, 5.74) is 4.93. The van der Waals surface area contributed by atoms with Crippen LogP contribution in [0.15, 0.2) is 35.1 Å². The van der Waals surface area contributed by atoms with Crippen LogP contribution >= 0.6 is 15.9 Å². The monoisotopic (exact) mass is 394 g/mol. The summed E-state index contributed by atoms with van der Waals surface area (Å²) in [6.07, 6.45) is 1.96. The Morgan fingerprint density at radius 3 is 2.54 bits per heavy atom. The lowest BCUT2D eigenvalue weighted by molar-refractivity contribution is -0.383. The van der Waals surface area contributed by atoms with Crippen LogP contribution in [0, 0.1) is 10.1 Å². The molecule has 24 heavy (non-hydrogen) atoms.